The fourth-order valence-electron chi connectivity index (χ4n) is 4.19. The number of anilines is 1. The van der Waals surface area contributed by atoms with Crippen LogP contribution in [0.4, 0.5) is 5.82 Å². The van der Waals surface area contributed by atoms with Crippen LogP contribution in [0.15, 0.2) is 5.16 Å². The minimum atomic E-state index is 0.589. The van der Waals surface area contributed by atoms with Crippen LogP contribution in [-0.4, -0.2) is 40.3 Å². The molecular weight excluding hydrogens is 348 g/mol. The number of hydrogen-bond donors (Lipinski definition) is 1. The number of thiophene rings is 1. The van der Waals surface area contributed by atoms with Crippen molar-refractivity contribution in [2.24, 2.45) is 0 Å². The van der Waals surface area contributed by atoms with Crippen molar-refractivity contribution in [1.29, 1.82) is 0 Å². The Hall–Kier alpha value is -0.850. The van der Waals surface area contributed by atoms with Crippen LogP contribution in [0.5, 0.6) is 0 Å². The number of hydrogen-bond acceptors (Lipinski definition) is 6. The quantitative estimate of drug-likeness (QED) is 0.466. The van der Waals surface area contributed by atoms with Gasteiger partial charge < -0.3 is 10.6 Å². The first kappa shape index (κ1) is 17.6. The van der Waals surface area contributed by atoms with Gasteiger partial charge in [0, 0.05) is 10.6 Å². The van der Waals surface area contributed by atoms with Crippen molar-refractivity contribution >= 4 is 39.1 Å². The minimum absolute atomic E-state index is 0.589. The van der Waals surface area contributed by atoms with Crippen LogP contribution < -0.4 is 5.73 Å². The molecule has 4 nitrogen and oxygen atoms in total. The molecule has 1 fully saturated rings. The van der Waals surface area contributed by atoms with Gasteiger partial charge in [-0.1, -0.05) is 25.1 Å². The summed E-state index contributed by atoms with van der Waals surface area (Å²) in [5.74, 6) is 2.35. The first-order chi connectivity index (χ1) is 12.2. The van der Waals surface area contributed by atoms with Gasteiger partial charge in [-0.3, -0.25) is 0 Å². The van der Waals surface area contributed by atoms with Crippen molar-refractivity contribution in [3.8, 4) is 0 Å². The summed E-state index contributed by atoms with van der Waals surface area (Å²) in [6.07, 6.45) is 9.05. The Kier molecular flexibility index (Phi) is 5.48. The van der Waals surface area contributed by atoms with Crippen molar-refractivity contribution in [3.63, 3.8) is 0 Å². The third-order valence-corrected chi connectivity index (χ3v) is 7.60. The van der Waals surface area contributed by atoms with Gasteiger partial charge in [-0.15, -0.1) is 11.3 Å². The molecule has 1 saturated heterocycles. The van der Waals surface area contributed by atoms with E-state index in [1.54, 1.807) is 11.8 Å². The summed E-state index contributed by atoms with van der Waals surface area (Å²) >= 11 is 3.60. The number of piperidine rings is 1. The molecule has 2 aromatic heterocycles. The highest BCUT2D eigenvalue weighted by atomic mass is 32.2. The molecule has 0 amide bonds. The Morgan fingerprint density at radius 1 is 1.20 bits per heavy atom. The molecule has 0 radical (unpaired) electrons. The van der Waals surface area contributed by atoms with Crippen molar-refractivity contribution in [1.82, 2.24) is 14.9 Å². The Balaban J connectivity index is 1.42. The second kappa shape index (κ2) is 7.80. The topological polar surface area (TPSA) is 55.0 Å². The van der Waals surface area contributed by atoms with Crippen LogP contribution in [0, 0.1) is 0 Å². The lowest BCUT2D eigenvalue weighted by Gasteiger charge is -2.26. The summed E-state index contributed by atoms with van der Waals surface area (Å²) < 4.78 is 0. The maximum absolute atomic E-state index is 6.34. The number of thioether (sulfide) groups is 1. The van der Waals surface area contributed by atoms with Crippen molar-refractivity contribution < 1.29 is 0 Å². The molecule has 6 heteroatoms. The normalized spacial score (nSPS) is 21.6. The summed E-state index contributed by atoms with van der Waals surface area (Å²) in [5, 5.41) is 2.00. The van der Waals surface area contributed by atoms with Gasteiger partial charge in [-0.05, 0) is 69.6 Å². The zero-order valence-electron chi connectivity index (χ0n) is 15.1. The van der Waals surface area contributed by atoms with Crippen molar-refractivity contribution in [3.05, 3.63) is 10.4 Å². The maximum atomic E-state index is 6.34. The van der Waals surface area contributed by atoms with E-state index >= 15 is 0 Å². The number of aryl methyl sites for hydroxylation is 1. The molecule has 3 heterocycles. The van der Waals surface area contributed by atoms with Gasteiger partial charge in [-0.25, -0.2) is 9.97 Å². The molecule has 1 unspecified atom stereocenters. The molecule has 25 heavy (non-hydrogen) atoms. The molecule has 2 aliphatic rings. The van der Waals surface area contributed by atoms with Crippen LogP contribution in [0.1, 0.15) is 61.8 Å². The van der Waals surface area contributed by atoms with Gasteiger partial charge in [-0.2, -0.15) is 0 Å². The Bertz CT molecular complexity index is 737. The molecule has 0 spiro atoms. The number of nitrogens with two attached hydrogens (primary N) is 1. The molecule has 1 aliphatic carbocycles. The van der Waals surface area contributed by atoms with E-state index in [0.717, 1.165) is 21.1 Å². The van der Waals surface area contributed by atoms with Crippen LogP contribution in [-0.2, 0) is 6.42 Å². The molecule has 0 bridgehead atoms. The number of fused-ring (bicyclic) bond motifs is 3. The minimum Gasteiger partial charge on any atom is -0.383 e. The van der Waals surface area contributed by atoms with E-state index in [9.17, 15) is 0 Å². The van der Waals surface area contributed by atoms with E-state index in [-0.39, 0.29) is 0 Å². The third kappa shape index (κ3) is 3.81. The SMILES string of the molecule is CC1CCCc2sc3nc(SCCCN4CCCCC4)nc(N)c3c21. The summed E-state index contributed by atoms with van der Waals surface area (Å²) in [6, 6.07) is 0. The average molecular weight is 377 g/mol. The predicted octanol–water partition coefficient (Wildman–Crippen LogP) is 4.68. The molecule has 136 valence electrons. The van der Waals surface area contributed by atoms with Gasteiger partial charge in [0.15, 0.2) is 5.16 Å². The molecule has 2 N–H and O–H groups in total. The molecule has 1 atom stereocenters. The lowest BCUT2D eigenvalue weighted by Crippen LogP contribution is -2.30. The number of rotatable bonds is 5. The van der Waals surface area contributed by atoms with Crippen molar-refractivity contribution in [2.75, 3.05) is 31.1 Å². The maximum Gasteiger partial charge on any atom is 0.190 e. The van der Waals surface area contributed by atoms with Crippen LogP contribution >= 0.6 is 23.1 Å². The molecule has 0 aromatic carbocycles. The average Bonchev–Trinajstić information content (AvgIpc) is 3.00. The monoisotopic (exact) mass is 376 g/mol. The molecule has 0 saturated carbocycles. The first-order valence-corrected chi connectivity index (χ1v) is 11.5. The second-order valence-corrected chi connectivity index (χ2v) is 9.55. The molecule has 2 aromatic rings. The van der Waals surface area contributed by atoms with E-state index < -0.39 is 0 Å². The highest BCUT2D eigenvalue weighted by molar-refractivity contribution is 7.99. The summed E-state index contributed by atoms with van der Waals surface area (Å²) in [4.78, 5) is 14.6. The Labute approximate surface area is 158 Å². The summed E-state index contributed by atoms with van der Waals surface area (Å²) in [5.41, 5.74) is 7.78. The standard InChI is InChI=1S/C19H28N4S2/c1-13-7-5-8-14-15(13)16-17(20)21-19(22-18(16)25-14)24-12-6-11-23-9-3-2-4-10-23/h13H,2-12H2,1H3,(H2,20,21,22). The third-order valence-electron chi connectivity index (χ3n) is 5.51. The van der Waals surface area contributed by atoms with Crippen LogP contribution in [0.3, 0.4) is 0 Å². The highest BCUT2D eigenvalue weighted by Gasteiger charge is 2.24. The van der Waals surface area contributed by atoms with Crippen molar-refractivity contribution in [2.45, 2.75) is 62.9 Å². The number of nitrogen functional groups attached to an aromatic ring is 1. The van der Waals surface area contributed by atoms with Gasteiger partial charge in [0.2, 0.25) is 0 Å². The Morgan fingerprint density at radius 3 is 2.88 bits per heavy atom. The number of aromatic nitrogens is 2. The zero-order valence-corrected chi connectivity index (χ0v) is 16.7. The van der Waals surface area contributed by atoms with Crippen LogP contribution in [0.25, 0.3) is 10.2 Å². The van der Waals surface area contributed by atoms with Crippen LogP contribution in [0.2, 0.25) is 0 Å². The fourth-order valence-corrected chi connectivity index (χ4v) is 6.37. The second-order valence-electron chi connectivity index (χ2n) is 7.41. The van der Waals surface area contributed by atoms with E-state index in [4.69, 9.17) is 10.7 Å². The van der Waals surface area contributed by atoms with Gasteiger partial charge in [0.25, 0.3) is 0 Å². The van der Waals surface area contributed by atoms with E-state index in [0.29, 0.717) is 11.7 Å². The predicted molar refractivity (Wildman–Crippen MR) is 109 cm³/mol. The lowest BCUT2D eigenvalue weighted by molar-refractivity contribution is 0.230. The lowest BCUT2D eigenvalue weighted by atomic mass is 9.87. The molecular formula is C19H28N4S2. The largest absolute Gasteiger partial charge is 0.383 e. The van der Waals surface area contributed by atoms with E-state index in [2.05, 4.69) is 16.8 Å². The molecule has 1 aliphatic heterocycles. The van der Waals surface area contributed by atoms with E-state index in [1.165, 1.54) is 75.0 Å². The van der Waals surface area contributed by atoms with Gasteiger partial charge in [0.1, 0.15) is 10.6 Å². The number of nitrogens with zero attached hydrogens (tertiary/aromatic N) is 3. The zero-order chi connectivity index (χ0) is 17.2. The summed E-state index contributed by atoms with van der Waals surface area (Å²) in [7, 11) is 0. The Morgan fingerprint density at radius 2 is 2.04 bits per heavy atom. The molecule has 4 rings (SSSR count). The van der Waals surface area contributed by atoms with E-state index in [1.807, 2.05) is 11.3 Å². The highest BCUT2D eigenvalue weighted by Crippen LogP contribution is 2.43. The van der Waals surface area contributed by atoms with Gasteiger partial charge >= 0.3 is 0 Å². The first-order valence-electron chi connectivity index (χ1n) is 9.66. The fraction of sp³-hybridized carbons (Fsp3) is 0.684. The van der Waals surface area contributed by atoms with Gasteiger partial charge in [0.05, 0.1) is 5.39 Å². The smallest absolute Gasteiger partial charge is 0.190 e. The summed E-state index contributed by atoms with van der Waals surface area (Å²) in [6.45, 7) is 6.07. The number of likely N-dealkylation sites (tertiary alicyclic amines) is 1.